The second kappa shape index (κ2) is 11.5. The lowest BCUT2D eigenvalue weighted by atomic mass is 9.74. The van der Waals surface area contributed by atoms with Crippen molar-refractivity contribution in [3.8, 4) is 0 Å². The zero-order valence-corrected chi connectivity index (χ0v) is 20.4. The van der Waals surface area contributed by atoms with Crippen LogP contribution in [0.2, 0.25) is 0 Å². The summed E-state index contributed by atoms with van der Waals surface area (Å²) in [6.07, 6.45) is 1.90. The Kier molecular flexibility index (Phi) is 8.69. The molecule has 182 valence electrons. The Balaban J connectivity index is 0.00000324. The van der Waals surface area contributed by atoms with Crippen LogP contribution in [0.5, 0.6) is 0 Å². The number of nitrogens with one attached hydrogen (secondary N) is 1. The van der Waals surface area contributed by atoms with Crippen molar-refractivity contribution in [3.63, 3.8) is 0 Å². The highest BCUT2D eigenvalue weighted by Crippen LogP contribution is 2.33. The lowest BCUT2D eigenvalue weighted by molar-refractivity contribution is -0.145. The molecule has 7 nitrogen and oxygen atoms in total. The van der Waals surface area contributed by atoms with Crippen molar-refractivity contribution in [2.45, 2.75) is 31.6 Å². The minimum absolute atomic E-state index is 0. The number of unbranched alkanes of at least 4 members (excludes halogenated alkanes) is 1. The van der Waals surface area contributed by atoms with Crippen molar-refractivity contribution in [1.29, 1.82) is 0 Å². The van der Waals surface area contributed by atoms with Gasteiger partial charge in [-0.1, -0.05) is 55.5 Å². The molecule has 0 saturated carbocycles. The van der Waals surface area contributed by atoms with Crippen molar-refractivity contribution in [1.82, 2.24) is 15.1 Å². The van der Waals surface area contributed by atoms with Crippen LogP contribution in [0.4, 0.5) is 10.5 Å². The third kappa shape index (κ3) is 5.10. The van der Waals surface area contributed by atoms with E-state index in [2.05, 4.69) is 39.4 Å². The van der Waals surface area contributed by atoms with Crippen LogP contribution in [-0.4, -0.2) is 66.9 Å². The van der Waals surface area contributed by atoms with Gasteiger partial charge < -0.3 is 4.90 Å². The maximum Gasteiger partial charge on any atom is 0.330 e. The molecule has 0 radical (unpaired) electrons. The van der Waals surface area contributed by atoms with Crippen LogP contribution in [0.3, 0.4) is 0 Å². The van der Waals surface area contributed by atoms with Gasteiger partial charge in [0.05, 0.1) is 0 Å². The van der Waals surface area contributed by atoms with Gasteiger partial charge in [-0.05, 0) is 43.5 Å². The summed E-state index contributed by atoms with van der Waals surface area (Å²) in [5, 5.41) is 2.42. The summed E-state index contributed by atoms with van der Waals surface area (Å²) < 4.78 is 0. The van der Waals surface area contributed by atoms with Crippen LogP contribution < -0.4 is 10.2 Å². The highest BCUT2D eigenvalue weighted by atomic mass is 35.5. The van der Waals surface area contributed by atoms with E-state index in [9.17, 15) is 14.4 Å². The Morgan fingerprint density at radius 2 is 1.41 bits per heavy atom. The van der Waals surface area contributed by atoms with Crippen molar-refractivity contribution in [2.75, 3.05) is 44.2 Å². The van der Waals surface area contributed by atoms with E-state index in [4.69, 9.17) is 0 Å². The van der Waals surface area contributed by atoms with Crippen LogP contribution in [-0.2, 0) is 15.0 Å². The normalized spacial score (nSPS) is 21.3. The number of piperazine rings is 1. The zero-order valence-electron chi connectivity index (χ0n) is 19.6. The summed E-state index contributed by atoms with van der Waals surface area (Å²) in [5.41, 5.74) is 0.547. The van der Waals surface area contributed by atoms with E-state index in [1.165, 1.54) is 10.6 Å². The highest BCUT2D eigenvalue weighted by molar-refractivity contribution is 6.22. The number of hydrogen-bond acceptors (Lipinski definition) is 5. The van der Waals surface area contributed by atoms with Gasteiger partial charge in [0, 0.05) is 38.4 Å². The van der Waals surface area contributed by atoms with Crippen molar-refractivity contribution in [3.05, 3.63) is 66.2 Å². The molecule has 2 aliphatic rings. The first-order valence-electron chi connectivity index (χ1n) is 11.8. The summed E-state index contributed by atoms with van der Waals surface area (Å²) in [5.74, 6) is -0.944. The number of hydrogen-bond donors (Lipinski definition) is 1. The lowest BCUT2D eigenvalue weighted by Gasteiger charge is -2.39. The molecule has 2 heterocycles. The van der Waals surface area contributed by atoms with Crippen molar-refractivity contribution in [2.24, 2.45) is 0 Å². The molecule has 2 fully saturated rings. The number of nitrogens with zero attached hydrogens (tertiary/aromatic N) is 3. The number of para-hydroxylation sites is 1. The molecule has 34 heavy (non-hydrogen) atoms. The number of anilines is 1. The summed E-state index contributed by atoms with van der Waals surface area (Å²) in [6, 6.07) is 18.9. The average molecular weight is 485 g/mol. The quantitative estimate of drug-likeness (QED) is 0.459. The minimum atomic E-state index is -1.34. The van der Waals surface area contributed by atoms with Crippen LogP contribution in [0.25, 0.3) is 0 Å². The van der Waals surface area contributed by atoms with Gasteiger partial charge in [0.1, 0.15) is 0 Å². The fourth-order valence-corrected chi connectivity index (χ4v) is 4.86. The third-order valence-electron chi connectivity index (χ3n) is 6.86. The number of halogens is 1. The topological polar surface area (TPSA) is 73.0 Å². The standard InChI is InChI=1S/C26H32N4O3.ClH/c1-2-26(21-11-5-3-6-12-21)23(31)27-25(33)30(24(26)32)16-10-9-15-28-17-19-29(20-18-28)22-13-7-4-8-14-22;/h3-8,11-14H,2,9-10,15-20H2,1H3,(H,27,31,33);1H. The Morgan fingerprint density at radius 1 is 0.824 bits per heavy atom. The molecule has 1 unspecified atom stereocenters. The first kappa shape index (κ1) is 25.7. The molecule has 0 aromatic heterocycles. The highest BCUT2D eigenvalue weighted by Gasteiger charge is 2.53. The van der Waals surface area contributed by atoms with E-state index >= 15 is 0 Å². The molecule has 2 aliphatic heterocycles. The predicted molar refractivity (Wildman–Crippen MR) is 135 cm³/mol. The summed E-state index contributed by atoms with van der Waals surface area (Å²) in [7, 11) is 0. The second-order valence-corrected chi connectivity index (χ2v) is 8.71. The van der Waals surface area contributed by atoms with E-state index < -0.39 is 23.3 Å². The molecular weight excluding hydrogens is 452 g/mol. The number of imide groups is 2. The summed E-state index contributed by atoms with van der Waals surface area (Å²) >= 11 is 0. The van der Waals surface area contributed by atoms with Crippen LogP contribution in [0, 0.1) is 0 Å². The summed E-state index contributed by atoms with van der Waals surface area (Å²) in [4.78, 5) is 44.7. The monoisotopic (exact) mass is 484 g/mol. The number of urea groups is 1. The van der Waals surface area contributed by atoms with Gasteiger partial charge in [0.25, 0.3) is 5.91 Å². The van der Waals surface area contributed by atoms with Gasteiger partial charge in [-0.2, -0.15) is 0 Å². The summed E-state index contributed by atoms with van der Waals surface area (Å²) in [6.45, 7) is 7.05. The number of carbonyl (C=O) groups is 3. The average Bonchev–Trinajstić information content (AvgIpc) is 2.85. The maximum atomic E-state index is 13.4. The van der Waals surface area contributed by atoms with E-state index in [1.807, 2.05) is 31.2 Å². The predicted octanol–water partition coefficient (Wildman–Crippen LogP) is 3.44. The molecule has 0 aliphatic carbocycles. The zero-order chi connectivity index (χ0) is 23.3. The lowest BCUT2D eigenvalue weighted by Crippen LogP contribution is -2.65. The van der Waals surface area contributed by atoms with Crippen molar-refractivity contribution >= 4 is 35.9 Å². The smallest absolute Gasteiger partial charge is 0.330 e. The molecule has 8 heteroatoms. The number of carbonyl (C=O) groups excluding carboxylic acids is 3. The second-order valence-electron chi connectivity index (χ2n) is 8.71. The Hall–Kier alpha value is -2.90. The van der Waals surface area contributed by atoms with Crippen LogP contribution in [0.1, 0.15) is 31.7 Å². The molecule has 0 bridgehead atoms. The molecule has 2 aromatic carbocycles. The Labute approximate surface area is 207 Å². The van der Waals surface area contributed by atoms with Gasteiger partial charge in [0.2, 0.25) is 5.91 Å². The van der Waals surface area contributed by atoms with Gasteiger partial charge in [-0.15, -0.1) is 12.4 Å². The van der Waals surface area contributed by atoms with Gasteiger partial charge >= 0.3 is 6.03 Å². The van der Waals surface area contributed by atoms with Crippen LogP contribution in [0.15, 0.2) is 60.7 Å². The number of amides is 4. The SMILES string of the molecule is CCC1(c2ccccc2)C(=O)NC(=O)N(CCCCN2CCN(c3ccccc3)CC2)C1=O.Cl. The number of rotatable bonds is 8. The van der Waals surface area contributed by atoms with E-state index in [-0.39, 0.29) is 12.4 Å². The molecule has 2 aromatic rings. The molecule has 1 atom stereocenters. The first-order valence-corrected chi connectivity index (χ1v) is 11.8. The Bertz CT molecular complexity index is 980. The van der Waals surface area contributed by atoms with Crippen molar-refractivity contribution < 1.29 is 14.4 Å². The van der Waals surface area contributed by atoms with Crippen LogP contribution >= 0.6 is 12.4 Å². The number of barbiturate groups is 1. The van der Waals surface area contributed by atoms with E-state index in [0.29, 0.717) is 24.9 Å². The first-order chi connectivity index (χ1) is 16.1. The van der Waals surface area contributed by atoms with Gasteiger partial charge in [0.15, 0.2) is 5.41 Å². The van der Waals surface area contributed by atoms with E-state index in [0.717, 1.165) is 39.1 Å². The molecular formula is C26H33ClN4O3. The number of benzene rings is 2. The van der Waals surface area contributed by atoms with Gasteiger partial charge in [-0.25, -0.2) is 4.79 Å². The largest absolute Gasteiger partial charge is 0.369 e. The fourth-order valence-electron chi connectivity index (χ4n) is 4.86. The van der Waals surface area contributed by atoms with Gasteiger partial charge in [-0.3, -0.25) is 24.7 Å². The molecule has 4 rings (SSSR count). The molecule has 2 saturated heterocycles. The minimum Gasteiger partial charge on any atom is -0.369 e. The molecule has 1 N–H and O–H groups in total. The van der Waals surface area contributed by atoms with E-state index in [1.54, 1.807) is 12.1 Å². The molecule has 0 spiro atoms. The maximum absolute atomic E-state index is 13.4. The fraction of sp³-hybridized carbons (Fsp3) is 0.423. The third-order valence-corrected chi connectivity index (χ3v) is 6.86. The molecule has 4 amide bonds. The Morgan fingerprint density at radius 3 is 2.03 bits per heavy atom.